The number of anilines is 1. The first-order valence-corrected chi connectivity index (χ1v) is 14.3. The standard InChI is InChI=1S/C26H30F3N4O8P/c1-14(2)39-23(35)15(3)32-42(37,41-18-9-8-16-6-4-5-7-17(16)12-18)38-13-26(24(28)29)21(34)20(27)22(40-26)33-11-10-19(30)31-25(33)36/h4-12,14-15,20-22,24,34H,13H2,1-3H3,(H,32,37)(H2,30,31,36)/t15-,20+,21-,22+,26+,42?/m0/s1. The number of alkyl halides is 3. The van der Waals surface area contributed by atoms with Gasteiger partial charge < -0.3 is 24.8 Å². The van der Waals surface area contributed by atoms with Crippen LogP contribution in [0, 0.1) is 0 Å². The molecular formula is C26H30F3N4O8P. The van der Waals surface area contributed by atoms with Crippen LogP contribution in [0.2, 0.25) is 0 Å². The largest absolute Gasteiger partial charge is 0.462 e. The zero-order valence-corrected chi connectivity index (χ0v) is 23.6. The monoisotopic (exact) mass is 614 g/mol. The maximum Gasteiger partial charge on any atom is 0.459 e. The number of benzene rings is 2. The number of carbonyl (C=O) groups is 1. The Morgan fingerprint density at radius 3 is 2.55 bits per heavy atom. The van der Waals surface area contributed by atoms with Crippen LogP contribution < -0.4 is 21.0 Å². The van der Waals surface area contributed by atoms with Crippen LogP contribution in [0.4, 0.5) is 19.0 Å². The van der Waals surface area contributed by atoms with E-state index in [0.29, 0.717) is 9.95 Å². The van der Waals surface area contributed by atoms with Gasteiger partial charge in [0, 0.05) is 6.20 Å². The van der Waals surface area contributed by atoms with Gasteiger partial charge in [0.15, 0.2) is 18.0 Å². The van der Waals surface area contributed by atoms with Gasteiger partial charge in [0.05, 0.1) is 12.7 Å². The number of hydrogen-bond donors (Lipinski definition) is 3. The normalized spacial score (nSPS) is 24.5. The molecule has 0 aliphatic carbocycles. The molecule has 2 aromatic carbocycles. The number of rotatable bonds is 11. The maximum atomic E-state index is 15.2. The van der Waals surface area contributed by atoms with Crippen molar-refractivity contribution in [2.75, 3.05) is 12.3 Å². The van der Waals surface area contributed by atoms with Crippen LogP contribution in [0.15, 0.2) is 59.5 Å². The van der Waals surface area contributed by atoms with Crippen LogP contribution in [0.5, 0.6) is 5.75 Å². The highest BCUT2D eigenvalue weighted by atomic mass is 31.2. The molecule has 1 fully saturated rings. The van der Waals surface area contributed by atoms with Gasteiger partial charge in [0.2, 0.25) is 0 Å². The van der Waals surface area contributed by atoms with Crippen LogP contribution in [0.25, 0.3) is 10.8 Å². The Morgan fingerprint density at radius 1 is 1.21 bits per heavy atom. The molecule has 2 heterocycles. The summed E-state index contributed by atoms with van der Waals surface area (Å²) in [5, 5.41) is 14.4. The maximum absolute atomic E-state index is 15.2. The first-order chi connectivity index (χ1) is 19.7. The van der Waals surface area contributed by atoms with Gasteiger partial charge in [-0.3, -0.25) is 13.9 Å². The Bertz CT molecular complexity index is 1540. The van der Waals surface area contributed by atoms with Crippen molar-refractivity contribution in [1.82, 2.24) is 14.6 Å². The minimum atomic E-state index is -4.76. The number of aliphatic hydroxyl groups is 1. The molecule has 0 bridgehead atoms. The molecular weight excluding hydrogens is 584 g/mol. The molecule has 6 atom stereocenters. The summed E-state index contributed by atoms with van der Waals surface area (Å²) in [7, 11) is -4.76. The van der Waals surface area contributed by atoms with E-state index >= 15 is 4.39 Å². The van der Waals surface area contributed by atoms with Crippen LogP contribution in [0.1, 0.15) is 27.0 Å². The van der Waals surface area contributed by atoms with Crippen molar-refractivity contribution in [3.05, 3.63) is 65.2 Å². The van der Waals surface area contributed by atoms with Crippen molar-refractivity contribution < 1.29 is 46.2 Å². The Kier molecular flexibility index (Phi) is 9.28. The molecule has 228 valence electrons. The number of nitrogen functional groups attached to an aromatic ring is 1. The molecule has 3 aromatic rings. The number of ether oxygens (including phenoxy) is 2. The lowest BCUT2D eigenvalue weighted by atomic mass is 9.97. The topological polar surface area (TPSA) is 164 Å². The smallest absolute Gasteiger partial charge is 0.459 e. The number of nitrogens with zero attached hydrogens (tertiary/aromatic N) is 2. The van der Waals surface area contributed by atoms with Crippen molar-refractivity contribution in [3.63, 3.8) is 0 Å². The van der Waals surface area contributed by atoms with E-state index in [1.165, 1.54) is 19.1 Å². The molecule has 1 aliphatic rings. The summed E-state index contributed by atoms with van der Waals surface area (Å²) in [6.45, 7) is 3.07. The van der Waals surface area contributed by atoms with Crippen LogP contribution in [-0.2, 0) is 23.4 Å². The van der Waals surface area contributed by atoms with E-state index in [0.717, 1.165) is 17.6 Å². The molecule has 4 N–H and O–H groups in total. The Balaban J connectivity index is 1.65. The highest BCUT2D eigenvalue weighted by Gasteiger charge is 2.62. The summed E-state index contributed by atoms with van der Waals surface area (Å²) in [6.07, 6.45) is -10.3. The van der Waals surface area contributed by atoms with Gasteiger partial charge >= 0.3 is 19.4 Å². The van der Waals surface area contributed by atoms with Gasteiger partial charge in [-0.1, -0.05) is 30.3 Å². The molecule has 1 unspecified atom stereocenters. The quantitative estimate of drug-likeness (QED) is 0.214. The van der Waals surface area contributed by atoms with Gasteiger partial charge in [-0.25, -0.2) is 22.5 Å². The molecule has 4 rings (SSSR count). The van der Waals surface area contributed by atoms with Crippen LogP contribution in [-0.4, -0.2) is 63.7 Å². The van der Waals surface area contributed by atoms with E-state index in [9.17, 15) is 28.0 Å². The van der Waals surface area contributed by atoms with E-state index in [2.05, 4.69) is 10.1 Å². The molecule has 16 heteroatoms. The number of carbonyl (C=O) groups excluding carboxylic acids is 1. The summed E-state index contributed by atoms with van der Waals surface area (Å²) >= 11 is 0. The first-order valence-electron chi connectivity index (χ1n) is 12.8. The van der Waals surface area contributed by atoms with E-state index in [-0.39, 0.29) is 11.6 Å². The van der Waals surface area contributed by atoms with Crippen LogP contribution in [0.3, 0.4) is 0 Å². The Hall–Kier alpha value is -3.49. The second kappa shape index (κ2) is 12.4. The predicted octanol–water partition coefficient (Wildman–Crippen LogP) is 3.34. The number of aliphatic hydroxyl groups excluding tert-OH is 1. The molecule has 1 aliphatic heterocycles. The van der Waals surface area contributed by atoms with E-state index in [1.807, 2.05) is 6.07 Å². The van der Waals surface area contributed by atoms with Gasteiger partial charge in [0.25, 0.3) is 6.43 Å². The average Bonchev–Trinajstić information content (AvgIpc) is 3.17. The second-order valence-electron chi connectivity index (χ2n) is 9.90. The van der Waals surface area contributed by atoms with Crippen molar-refractivity contribution in [2.24, 2.45) is 0 Å². The van der Waals surface area contributed by atoms with Gasteiger partial charge in [0.1, 0.15) is 23.7 Å². The third-order valence-corrected chi connectivity index (χ3v) is 8.00. The Labute approximate surface area is 238 Å². The van der Waals surface area contributed by atoms with Crippen molar-refractivity contribution in [1.29, 1.82) is 0 Å². The number of halogens is 3. The van der Waals surface area contributed by atoms with Gasteiger partial charge in [-0.15, -0.1) is 0 Å². The highest BCUT2D eigenvalue weighted by Crippen LogP contribution is 2.50. The Morgan fingerprint density at radius 2 is 1.90 bits per heavy atom. The molecule has 1 saturated heterocycles. The number of esters is 1. The predicted molar refractivity (Wildman–Crippen MR) is 145 cm³/mol. The second-order valence-corrected chi connectivity index (χ2v) is 11.6. The zero-order chi connectivity index (χ0) is 30.8. The van der Waals surface area contributed by atoms with Crippen molar-refractivity contribution in [3.8, 4) is 5.75 Å². The molecule has 0 amide bonds. The van der Waals surface area contributed by atoms with Crippen molar-refractivity contribution in [2.45, 2.75) is 63.4 Å². The van der Waals surface area contributed by atoms with E-state index in [4.69, 9.17) is 24.3 Å². The fraction of sp³-hybridized carbons (Fsp3) is 0.423. The van der Waals surface area contributed by atoms with Gasteiger partial charge in [-0.05, 0) is 49.7 Å². The van der Waals surface area contributed by atoms with E-state index in [1.54, 1.807) is 38.1 Å². The first kappa shape index (κ1) is 31.4. The number of fused-ring (bicyclic) bond motifs is 1. The summed E-state index contributed by atoms with van der Waals surface area (Å²) in [6, 6.07) is 11.5. The number of nitrogens with one attached hydrogen (secondary N) is 1. The minimum Gasteiger partial charge on any atom is -0.462 e. The molecule has 42 heavy (non-hydrogen) atoms. The fourth-order valence-corrected chi connectivity index (χ4v) is 5.76. The third-order valence-electron chi connectivity index (χ3n) is 6.37. The molecule has 12 nitrogen and oxygen atoms in total. The lowest BCUT2D eigenvalue weighted by Crippen LogP contribution is -2.52. The van der Waals surface area contributed by atoms with Gasteiger partial charge in [-0.2, -0.15) is 10.1 Å². The lowest BCUT2D eigenvalue weighted by molar-refractivity contribution is -0.192. The summed E-state index contributed by atoms with van der Waals surface area (Å²) in [4.78, 5) is 28.1. The molecule has 0 spiro atoms. The number of aromatic nitrogens is 2. The molecule has 0 saturated carbocycles. The van der Waals surface area contributed by atoms with Crippen LogP contribution >= 0.6 is 7.75 Å². The molecule has 1 aromatic heterocycles. The summed E-state index contributed by atoms with van der Waals surface area (Å²) < 4.78 is 80.0. The minimum absolute atomic E-state index is 0.0197. The SMILES string of the molecule is CC(C)OC(=O)[C@H](C)NP(=O)(OC[C@@]1(C(F)F)O[C@@H](n2ccc(N)nc2=O)[C@H](F)[C@@H]1O)Oc1ccc2ccccc2c1. The molecule has 0 radical (unpaired) electrons. The van der Waals surface area contributed by atoms with Crippen molar-refractivity contribution >= 4 is 30.3 Å². The highest BCUT2D eigenvalue weighted by molar-refractivity contribution is 7.52. The zero-order valence-electron chi connectivity index (χ0n) is 22.7. The number of hydrogen-bond acceptors (Lipinski definition) is 10. The summed E-state index contributed by atoms with van der Waals surface area (Å²) in [5.74, 6) is -1.08. The fourth-order valence-electron chi connectivity index (χ4n) is 4.24. The average molecular weight is 615 g/mol. The summed E-state index contributed by atoms with van der Waals surface area (Å²) in [5.41, 5.74) is 1.20. The van der Waals surface area contributed by atoms with E-state index < -0.39 is 68.7 Å². The lowest BCUT2D eigenvalue weighted by Gasteiger charge is -2.32. The third kappa shape index (κ3) is 6.60. The number of nitrogens with two attached hydrogens (primary N) is 1.